The van der Waals surface area contributed by atoms with Gasteiger partial charge >= 0.3 is 11.6 Å². The van der Waals surface area contributed by atoms with Gasteiger partial charge in [-0.1, -0.05) is 6.92 Å². The number of rotatable bonds is 6. The number of fused-ring (bicyclic) bond motifs is 3. The molecule has 1 amide bonds. The SMILES string of the molecule is CC[C@H](NC(=O)Cc1c(C)c2c(OC)cc3c(c2oc1=O)CCC(C)(C)O3)C(=O)O. The predicted octanol–water partition coefficient (Wildman–Crippen LogP) is 2.74. The molecule has 3 rings (SSSR count). The molecule has 0 aliphatic carbocycles. The van der Waals surface area contributed by atoms with Crippen molar-refractivity contribution in [1.29, 1.82) is 0 Å². The van der Waals surface area contributed by atoms with Crippen molar-refractivity contribution in [1.82, 2.24) is 5.32 Å². The van der Waals surface area contributed by atoms with E-state index in [2.05, 4.69) is 5.32 Å². The minimum absolute atomic E-state index is 0.176. The molecule has 162 valence electrons. The van der Waals surface area contributed by atoms with Crippen LogP contribution in [0.2, 0.25) is 0 Å². The number of aliphatic carboxylic acids is 1. The summed E-state index contributed by atoms with van der Waals surface area (Å²) in [6.45, 7) is 7.39. The first-order valence-electron chi connectivity index (χ1n) is 9.95. The zero-order valence-electron chi connectivity index (χ0n) is 17.9. The summed E-state index contributed by atoms with van der Waals surface area (Å²) in [5.41, 5.74) is 0.999. The molecule has 1 aliphatic heterocycles. The summed E-state index contributed by atoms with van der Waals surface area (Å²) in [6.07, 6.45) is 1.41. The fourth-order valence-electron chi connectivity index (χ4n) is 3.79. The number of amides is 1. The van der Waals surface area contributed by atoms with Gasteiger partial charge in [0.2, 0.25) is 5.91 Å². The molecule has 2 aromatic rings. The van der Waals surface area contributed by atoms with E-state index in [0.29, 0.717) is 34.5 Å². The van der Waals surface area contributed by atoms with E-state index in [-0.39, 0.29) is 24.0 Å². The van der Waals surface area contributed by atoms with Crippen molar-refractivity contribution in [3.05, 3.63) is 33.2 Å². The van der Waals surface area contributed by atoms with Gasteiger partial charge in [-0.2, -0.15) is 0 Å². The number of carbonyl (C=O) groups is 2. The summed E-state index contributed by atoms with van der Waals surface area (Å²) in [7, 11) is 1.52. The number of ether oxygens (including phenoxy) is 2. The van der Waals surface area contributed by atoms with Crippen LogP contribution in [-0.2, 0) is 22.4 Å². The van der Waals surface area contributed by atoms with E-state index in [9.17, 15) is 14.4 Å². The van der Waals surface area contributed by atoms with Crippen molar-refractivity contribution in [3.63, 3.8) is 0 Å². The van der Waals surface area contributed by atoms with Crippen molar-refractivity contribution < 1.29 is 28.6 Å². The molecule has 0 unspecified atom stereocenters. The van der Waals surface area contributed by atoms with E-state index >= 15 is 0 Å². The lowest BCUT2D eigenvalue weighted by Gasteiger charge is -2.33. The molecule has 0 saturated heterocycles. The number of hydrogen-bond donors (Lipinski definition) is 2. The predicted molar refractivity (Wildman–Crippen MR) is 110 cm³/mol. The third kappa shape index (κ3) is 3.99. The van der Waals surface area contributed by atoms with E-state index in [1.165, 1.54) is 7.11 Å². The lowest BCUT2D eigenvalue weighted by molar-refractivity contribution is -0.141. The summed E-state index contributed by atoms with van der Waals surface area (Å²) in [6, 6.07) is 0.778. The second kappa shape index (κ2) is 8.01. The highest BCUT2D eigenvalue weighted by Gasteiger charge is 2.31. The topological polar surface area (TPSA) is 115 Å². The summed E-state index contributed by atoms with van der Waals surface area (Å²) >= 11 is 0. The molecule has 8 heteroatoms. The quantitative estimate of drug-likeness (QED) is 0.695. The fourth-order valence-corrected chi connectivity index (χ4v) is 3.79. The minimum Gasteiger partial charge on any atom is -0.496 e. The zero-order chi connectivity index (χ0) is 22.2. The monoisotopic (exact) mass is 417 g/mol. The van der Waals surface area contributed by atoms with E-state index in [1.807, 2.05) is 13.8 Å². The molecule has 8 nitrogen and oxygen atoms in total. The fraction of sp³-hybridized carbons (Fsp3) is 0.500. The van der Waals surface area contributed by atoms with Crippen LogP contribution in [0, 0.1) is 6.92 Å². The van der Waals surface area contributed by atoms with Crippen molar-refractivity contribution >= 4 is 22.8 Å². The van der Waals surface area contributed by atoms with Crippen LogP contribution in [-0.4, -0.2) is 35.7 Å². The van der Waals surface area contributed by atoms with Crippen LogP contribution < -0.4 is 20.4 Å². The molecular weight excluding hydrogens is 390 g/mol. The van der Waals surface area contributed by atoms with Gasteiger partial charge in [0.25, 0.3) is 0 Å². The third-order valence-corrected chi connectivity index (χ3v) is 5.54. The Balaban J connectivity index is 2.08. The number of methoxy groups -OCH3 is 1. The number of benzene rings is 1. The van der Waals surface area contributed by atoms with Crippen LogP contribution in [0.25, 0.3) is 11.0 Å². The first kappa shape index (κ1) is 21.7. The first-order valence-corrected chi connectivity index (χ1v) is 9.95. The average Bonchev–Trinajstić information content (AvgIpc) is 2.67. The van der Waals surface area contributed by atoms with Gasteiger partial charge in [0, 0.05) is 11.6 Å². The smallest absolute Gasteiger partial charge is 0.340 e. The summed E-state index contributed by atoms with van der Waals surface area (Å²) in [5.74, 6) is -0.567. The van der Waals surface area contributed by atoms with Gasteiger partial charge in [-0.25, -0.2) is 9.59 Å². The standard InChI is InChI=1S/C22H27NO7/c1-6-14(20(25)26)23-17(24)9-13-11(2)18-16(28-5)10-15-12(19(18)29-21(13)27)7-8-22(3,4)30-15/h10,14H,6-9H2,1-5H3,(H,23,24)(H,25,26)/t14-/m0/s1. The zero-order valence-corrected chi connectivity index (χ0v) is 17.9. The maximum atomic E-state index is 12.7. The van der Waals surface area contributed by atoms with Crippen LogP contribution in [0.4, 0.5) is 0 Å². The second-order valence-corrected chi connectivity index (χ2v) is 8.16. The molecule has 1 aliphatic rings. The highest BCUT2D eigenvalue weighted by Crippen LogP contribution is 2.43. The molecule has 2 N–H and O–H groups in total. The number of hydrogen-bond acceptors (Lipinski definition) is 6. The van der Waals surface area contributed by atoms with Gasteiger partial charge in [-0.3, -0.25) is 4.79 Å². The third-order valence-electron chi connectivity index (χ3n) is 5.54. The molecule has 0 radical (unpaired) electrons. The Bertz CT molecular complexity index is 1070. The highest BCUT2D eigenvalue weighted by molar-refractivity contribution is 5.93. The molecule has 0 bridgehead atoms. The largest absolute Gasteiger partial charge is 0.496 e. The number of nitrogens with one attached hydrogen (secondary N) is 1. The first-order chi connectivity index (χ1) is 14.1. The van der Waals surface area contributed by atoms with E-state index in [0.717, 1.165) is 12.0 Å². The number of aryl methyl sites for hydroxylation is 2. The highest BCUT2D eigenvalue weighted by atomic mass is 16.5. The lowest BCUT2D eigenvalue weighted by Crippen LogP contribution is -2.41. The normalized spacial score (nSPS) is 15.8. The van der Waals surface area contributed by atoms with Gasteiger partial charge in [0.15, 0.2) is 0 Å². The molecule has 1 aromatic carbocycles. The summed E-state index contributed by atoms with van der Waals surface area (Å²) in [4.78, 5) is 36.3. The van der Waals surface area contributed by atoms with Gasteiger partial charge in [-0.15, -0.1) is 0 Å². The van der Waals surface area contributed by atoms with Crippen LogP contribution in [0.1, 0.15) is 50.3 Å². The second-order valence-electron chi connectivity index (χ2n) is 8.16. The van der Waals surface area contributed by atoms with Crippen molar-refractivity contribution in [3.8, 4) is 11.5 Å². The molecule has 2 heterocycles. The van der Waals surface area contributed by atoms with E-state index in [4.69, 9.17) is 19.0 Å². The summed E-state index contributed by atoms with van der Waals surface area (Å²) in [5, 5.41) is 12.2. The van der Waals surface area contributed by atoms with Crippen molar-refractivity contribution in [2.45, 2.75) is 65.0 Å². The van der Waals surface area contributed by atoms with Crippen LogP contribution in [0.15, 0.2) is 15.3 Å². The molecule has 1 atom stereocenters. The van der Waals surface area contributed by atoms with Gasteiger partial charge in [-0.05, 0) is 45.6 Å². The molecular formula is C22H27NO7. The molecule has 0 fully saturated rings. The van der Waals surface area contributed by atoms with Crippen LogP contribution in [0.5, 0.6) is 11.5 Å². The van der Waals surface area contributed by atoms with Crippen LogP contribution >= 0.6 is 0 Å². The maximum Gasteiger partial charge on any atom is 0.340 e. The maximum absolute atomic E-state index is 12.7. The Morgan fingerprint density at radius 1 is 1.37 bits per heavy atom. The Labute approximate surface area is 174 Å². The number of carbonyl (C=O) groups excluding carboxylic acids is 1. The Morgan fingerprint density at radius 2 is 2.07 bits per heavy atom. The van der Waals surface area contributed by atoms with Crippen molar-refractivity contribution in [2.75, 3.05) is 7.11 Å². The number of carboxylic acid groups (broad SMARTS) is 1. The van der Waals surface area contributed by atoms with Gasteiger partial charge in [0.1, 0.15) is 28.7 Å². The Hall–Kier alpha value is -3.03. The average molecular weight is 417 g/mol. The van der Waals surface area contributed by atoms with Crippen LogP contribution in [0.3, 0.4) is 0 Å². The lowest BCUT2D eigenvalue weighted by atomic mass is 9.91. The number of carboxylic acids is 1. The van der Waals surface area contributed by atoms with E-state index < -0.39 is 23.5 Å². The molecule has 1 aromatic heterocycles. The summed E-state index contributed by atoms with van der Waals surface area (Å²) < 4.78 is 17.2. The molecule has 0 spiro atoms. The van der Waals surface area contributed by atoms with Gasteiger partial charge in [0.05, 0.1) is 24.5 Å². The van der Waals surface area contributed by atoms with Crippen molar-refractivity contribution in [2.24, 2.45) is 0 Å². The van der Waals surface area contributed by atoms with E-state index in [1.54, 1.807) is 19.9 Å². The minimum atomic E-state index is -1.12. The molecule has 0 saturated carbocycles. The Morgan fingerprint density at radius 3 is 2.67 bits per heavy atom. The molecule has 30 heavy (non-hydrogen) atoms. The van der Waals surface area contributed by atoms with Gasteiger partial charge < -0.3 is 24.3 Å². The Kier molecular flexibility index (Phi) is 5.78.